The summed E-state index contributed by atoms with van der Waals surface area (Å²) in [5.74, 6) is 0.646. The van der Waals surface area contributed by atoms with Crippen molar-refractivity contribution in [3.05, 3.63) is 23.5 Å². The van der Waals surface area contributed by atoms with Gasteiger partial charge in [-0.1, -0.05) is 6.42 Å². The van der Waals surface area contributed by atoms with E-state index in [0.717, 1.165) is 26.0 Å². The maximum absolute atomic E-state index is 12.9. The Bertz CT molecular complexity index is 577. The Morgan fingerprint density at radius 3 is 2.77 bits per heavy atom. The van der Waals surface area contributed by atoms with Crippen LogP contribution in [-0.4, -0.2) is 41.2 Å². The van der Waals surface area contributed by atoms with Crippen molar-refractivity contribution in [2.75, 3.05) is 19.7 Å². The summed E-state index contributed by atoms with van der Waals surface area (Å²) in [5, 5.41) is 9.01. The normalized spacial score (nSPS) is 21.4. The molecule has 0 radical (unpaired) electrons. The molecular weight excluding hydrogens is 278 g/mol. The summed E-state index contributed by atoms with van der Waals surface area (Å²) in [6, 6.07) is 3.79. The maximum Gasteiger partial charge on any atom is 0.270 e. The van der Waals surface area contributed by atoms with E-state index in [0.29, 0.717) is 23.7 Å². The molecule has 2 fully saturated rings. The van der Waals surface area contributed by atoms with Gasteiger partial charge in [-0.05, 0) is 37.7 Å². The molecule has 1 saturated heterocycles. The molecule has 1 atom stereocenters. The van der Waals surface area contributed by atoms with Crippen molar-refractivity contribution < 1.29 is 9.53 Å². The molecule has 0 aromatic carbocycles. The molecule has 2 heterocycles. The number of nitriles is 1. The summed E-state index contributed by atoms with van der Waals surface area (Å²) in [6.07, 6.45) is 7.69. The Labute approximate surface area is 131 Å². The monoisotopic (exact) mass is 301 g/mol. The standard InChI is InChI=1S/C17H23N3O2/c1-19-10-14(9-18)8-16(19)17(21)20(11-13-4-2-5-13)12-15-6-3-7-22-15/h8,10,13,15H,2-7,11-12H2,1H3/t15-/m1/s1. The molecule has 5 heteroatoms. The molecule has 1 saturated carbocycles. The van der Waals surface area contributed by atoms with Crippen LogP contribution in [-0.2, 0) is 11.8 Å². The van der Waals surface area contributed by atoms with Crippen LogP contribution >= 0.6 is 0 Å². The van der Waals surface area contributed by atoms with Gasteiger partial charge in [0.05, 0.1) is 11.7 Å². The van der Waals surface area contributed by atoms with Gasteiger partial charge in [-0.3, -0.25) is 4.79 Å². The molecule has 118 valence electrons. The Morgan fingerprint density at radius 1 is 1.41 bits per heavy atom. The molecule has 1 aliphatic heterocycles. The largest absolute Gasteiger partial charge is 0.376 e. The second-order valence-corrected chi connectivity index (χ2v) is 6.48. The van der Waals surface area contributed by atoms with Crippen LogP contribution in [0.3, 0.4) is 0 Å². The number of nitrogens with zero attached hydrogens (tertiary/aromatic N) is 3. The van der Waals surface area contributed by atoms with Crippen LogP contribution in [0.15, 0.2) is 12.3 Å². The molecule has 0 bridgehead atoms. The first-order valence-corrected chi connectivity index (χ1v) is 8.14. The lowest BCUT2D eigenvalue weighted by molar-refractivity contribution is 0.0441. The molecule has 0 spiro atoms. The van der Waals surface area contributed by atoms with Gasteiger partial charge in [0.15, 0.2) is 0 Å². The van der Waals surface area contributed by atoms with Crippen molar-refractivity contribution in [3.8, 4) is 6.07 Å². The van der Waals surface area contributed by atoms with E-state index in [1.54, 1.807) is 16.8 Å². The van der Waals surface area contributed by atoms with Gasteiger partial charge in [0.1, 0.15) is 11.8 Å². The van der Waals surface area contributed by atoms with E-state index >= 15 is 0 Å². The highest BCUT2D eigenvalue weighted by Gasteiger charge is 2.29. The van der Waals surface area contributed by atoms with Crippen LogP contribution in [0.5, 0.6) is 0 Å². The fraction of sp³-hybridized carbons (Fsp3) is 0.647. The van der Waals surface area contributed by atoms with Gasteiger partial charge < -0.3 is 14.2 Å². The van der Waals surface area contributed by atoms with Crippen molar-refractivity contribution >= 4 is 5.91 Å². The van der Waals surface area contributed by atoms with Crippen molar-refractivity contribution in [3.63, 3.8) is 0 Å². The van der Waals surface area contributed by atoms with E-state index in [9.17, 15) is 4.79 Å². The molecule has 22 heavy (non-hydrogen) atoms. The van der Waals surface area contributed by atoms with Crippen LogP contribution in [0, 0.1) is 17.2 Å². The number of hydrogen-bond acceptors (Lipinski definition) is 3. The van der Waals surface area contributed by atoms with Crippen LogP contribution < -0.4 is 0 Å². The van der Waals surface area contributed by atoms with Gasteiger partial charge in [0, 0.05) is 32.9 Å². The highest BCUT2D eigenvalue weighted by molar-refractivity contribution is 5.93. The van der Waals surface area contributed by atoms with Crippen molar-refractivity contribution in [2.24, 2.45) is 13.0 Å². The van der Waals surface area contributed by atoms with Gasteiger partial charge in [0.2, 0.25) is 0 Å². The van der Waals surface area contributed by atoms with E-state index in [1.165, 1.54) is 19.3 Å². The third-order valence-corrected chi connectivity index (χ3v) is 4.79. The average Bonchev–Trinajstić information content (AvgIpc) is 3.09. The van der Waals surface area contributed by atoms with E-state index in [1.807, 2.05) is 11.9 Å². The third-order valence-electron chi connectivity index (χ3n) is 4.79. The van der Waals surface area contributed by atoms with Gasteiger partial charge in [-0.15, -0.1) is 0 Å². The number of rotatable bonds is 5. The topological polar surface area (TPSA) is 58.3 Å². The van der Waals surface area contributed by atoms with Gasteiger partial charge in [-0.25, -0.2) is 0 Å². The van der Waals surface area contributed by atoms with Crippen LogP contribution in [0.2, 0.25) is 0 Å². The smallest absolute Gasteiger partial charge is 0.270 e. The molecule has 0 unspecified atom stereocenters. The number of aromatic nitrogens is 1. The Morgan fingerprint density at radius 2 is 2.23 bits per heavy atom. The van der Waals surface area contributed by atoms with Crippen molar-refractivity contribution in [1.82, 2.24) is 9.47 Å². The zero-order valence-corrected chi connectivity index (χ0v) is 13.1. The summed E-state index contributed by atoms with van der Waals surface area (Å²) < 4.78 is 7.46. The molecule has 1 aromatic rings. The minimum atomic E-state index is 0.0198. The summed E-state index contributed by atoms with van der Waals surface area (Å²) >= 11 is 0. The summed E-state index contributed by atoms with van der Waals surface area (Å²) in [5.41, 5.74) is 1.13. The lowest BCUT2D eigenvalue weighted by Gasteiger charge is -2.33. The van der Waals surface area contributed by atoms with Crippen LogP contribution in [0.1, 0.15) is 48.2 Å². The Balaban J connectivity index is 1.74. The number of ether oxygens (including phenoxy) is 1. The third kappa shape index (κ3) is 3.17. The zero-order valence-electron chi connectivity index (χ0n) is 13.1. The quantitative estimate of drug-likeness (QED) is 0.838. The highest BCUT2D eigenvalue weighted by atomic mass is 16.5. The lowest BCUT2D eigenvalue weighted by atomic mass is 9.85. The summed E-state index contributed by atoms with van der Waals surface area (Å²) in [6.45, 7) is 2.28. The van der Waals surface area contributed by atoms with Gasteiger partial charge in [-0.2, -0.15) is 5.26 Å². The van der Waals surface area contributed by atoms with E-state index in [4.69, 9.17) is 10.00 Å². The molecule has 5 nitrogen and oxygen atoms in total. The van der Waals surface area contributed by atoms with Gasteiger partial charge in [0.25, 0.3) is 5.91 Å². The first-order chi connectivity index (χ1) is 10.7. The lowest BCUT2D eigenvalue weighted by Crippen LogP contribution is -2.42. The van der Waals surface area contributed by atoms with E-state index < -0.39 is 0 Å². The van der Waals surface area contributed by atoms with Crippen molar-refractivity contribution in [1.29, 1.82) is 5.26 Å². The Kier molecular flexibility index (Phi) is 4.49. The van der Waals surface area contributed by atoms with E-state index in [2.05, 4.69) is 6.07 Å². The molecular formula is C17H23N3O2. The highest BCUT2D eigenvalue weighted by Crippen LogP contribution is 2.28. The Hall–Kier alpha value is -1.80. The zero-order chi connectivity index (χ0) is 15.5. The molecule has 1 aliphatic carbocycles. The number of carbonyl (C=O) groups is 1. The fourth-order valence-electron chi connectivity index (χ4n) is 3.26. The number of carbonyl (C=O) groups excluding carboxylic acids is 1. The van der Waals surface area contributed by atoms with Crippen molar-refractivity contribution in [2.45, 2.75) is 38.2 Å². The molecule has 1 aromatic heterocycles. The molecule has 1 amide bonds. The molecule has 2 aliphatic rings. The number of aryl methyl sites for hydroxylation is 1. The molecule has 0 N–H and O–H groups in total. The number of amides is 1. The first-order valence-electron chi connectivity index (χ1n) is 8.14. The second-order valence-electron chi connectivity index (χ2n) is 6.48. The number of hydrogen-bond donors (Lipinski definition) is 0. The second kappa shape index (κ2) is 6.53. The van der Waals surface area contributed by atoms with Crippen LogP contribution in [0.4, 0.5) is 0 Å². The SMILES string of the molecule is Cn1cc(C#N)cc1C(=O)N(CC1CCC1)C[C@H]1CCCO1. The van der Waals surface area contributed by atoms with E-state index in [-0.39, 0.29) is 12.0 Å². The summed E-state index contributed by atoms with van der Waals surface area (Å²) in [4.78, 5) is 14.8. The molecule has 3 rings (SSSR count). The minimum Gasteiger partial charge on any atom is -0.376 e. The average molecular weight is 301 g/mol. The first kappa shape index (κ1) is 15.1. The summed E-state index contributed by atoms with van der Waals surface area (Å²) in [7, 11) is 1.82. The maximum atomic E-state index is 12.9. The predicted octanol–water partition coefficient (Wildman–Crippen LogP) is 2.32. The van der Waals surface area contributed by atoms with Gasteiger partial charge >= 0.3 is 0 Å². The minimum absolute atomic E-state index is 0.0198. The predicted molar refractivity (Wildman–Crippen MR) is 82.3 cm³/mol. The fourth-order valence-corrected chi connectivity index (χ4v) is 3.26. The van der Waals surface area contributed by atoms with Crippen LogP contribution in [0.25, 0.3) is 0 Å².